The van der Waals surface area contributed by atoms with E-state index in [0.29, 0.717) is 23.1 Å². The molecule has 1 aliphatic rings. The van der Waals surface area contributed by atoms with Crippen LogP contribution in [0.3, 0.4) is 0 Å². The van der Waals surface area contributed by atoms with E-state index in [-0.39, 0.29) is 6.79 Å². The Morgan fingerprint density at radius 3 is 2.67 bits per heavy atom. The minimum Gasteiger partial charge on any atom is -0.496 e. The lowest BCUT2D eigenvalue weighted by Crippen LogP contribution is -2.01. The number of ether oxygens (including phenoxy) is 3. The van der Waals surface area contributed by atoms with Gasteiger partial charge >= 0.3 is 0 Å². The average Bonchev–Trinajstić information content (AvgIpc) is 2.92. The Labute approximate surface area is 128 Å². The van der Waals surface area contributed by atoms with Gasteiger partial charge in [0.15, 0.2) is 11.5 Å². The molecule has 4 nitrogen and oxygen atoms in total. The molecule has 0 fully saturated rings. The maximum atomic E-state index is 6.24. The van der Waals surface area contributed by atoms with Gasteiger partial charge in [-0.1, -0.05) is 23.7 Å². The highest BCUT2D eigenvalue weighted by Gasteiger charge is 2.16. The largest absolute Gasteiger partial charge is 0.496 e. The Kier molecular flexibility index (Phi) is 3.80. The lowest BCUT2D eigenvalue weighted by Gasteiger charge is -2.11. The molecule has 0 spiro atoms. The fourth-order valence-corrected chi connectivity index (χ4v) is 2.52. The zero-order valence-corrected chi connectivity index (χ0v) is 12.7. The first kappa shape index (κ1) is 13.9. The predicted octanol–water partition coefficient (Wildman–Crippen LogP) is 4.00. The van der Waals surface area contributed by atoms with Crippen LogP contribution in [0.25, 0.3) is 0 Å². The van der Waals surface area contributed by atoms with Gasteiger partial charge in [0.2, 0.25) is 6.79 Å². The molecule has 0 aromatic heterocycles. The van der Waals surface area contributed by atoms with Crippen molar-refractivity contribution < 1.29 is 14.2 Å². The Bertz CT molecular complexity index is 673. The number of hydrogen-bond acceptors (Lipinski definition) is 4. The maximum absolute atomic E-state index is 6.24. The van der Waals surface area contributed by atoms with Crippen molar-refractivity contribution in [1.29, 1.82) is 0 Å². The minimum atomic E-state index is 0.243. The molecule has 1 heterocycles. The number of hydrogen-bond donors (Lipinski definition) is 1. The molecule has 0 radical (unpaired) electrons. The molecule has 110 valence electrons. The second-order valence-electron chi connectivity index (χ2n) is 4.84. The predicted molar refractivity (Wildman–Crippen MR) is 82.6 cm³/mol. The SMILES string of the molecule is COc1ccc(CNc2cc3c(cc2Cl)OCO3)cc1C. The van der Waals surface area contributed by atoms with Crippen molar-refractivity contribution in [3.05, 3.63) is 46.5 Å². The Hall–Kier alpha value is -2.07. The van der Waals surface area contributed by atoms with Gasteiger partial charge in [-0.3, -0.25) is 0 Å². The number of halogens is 1. The van der Waals surface area contributed by atoms with Crippen molar-refractivity contribution in [2.45, 2.75) is 13.5 Å². The first-order chi connectivity index (χ1) is 10.2. The van der Waals surface area contributed by atoms with Crippen molar-refractivity contribution in [3.63, 3.8) is 0 Å². The summed E-state index contributed by atoms with van der Waals surface area (Å²) < 4.78 is 15.9. The van der Waals surface area contributed by atoms with Crippen LogP contribution >= 0.6 is 11.6 Å². The summed E-state index contributed by atoms with van der Waals surface area (Å²) in [6.45, 7) is 2.94. The van der Waals surface area contributed by atoms with Crippen LogP contribution in [0.1, 0.15) is 11.1 Å². The molecule has 21 heavy (non-hydrogen) atoms. The highest BCUT2D eigenvalue weighted by atomic mass is 35.5. The van der Waals surface area contributed by atoms with E-state index < -0.39 is 0 Å². The zero-order valence-electron chi connectivity index (χ0n) is 11.9. The van der Waals surface area contributed by atoms with Crippen LogP contribution in [0.2, 0.25) is 5.02 Å². The molecular weight excluding hydrogens is 290 g/mol. The summed E-state index contributed by atoms with van der Waals surface area (Å²) in [5, 5.41) is 3.93. The van der Waals surface area contributed by atoms with E-state index in [9.17, 15) is 0 Å². The quantitative estimate of drug-likeness (QED) is 0.927. The molecule has 2 aromatic carbocycles. The van der Waals surface area contributed by atoms with Crippen LogP contribution in [0.5, 0.6) is 17.2 Å². The topological polar surface area (TPSA) is 39.7 Å². The summed E-state index contributed by atoms with van der Waals surface area (Å²) in [6.07, 6.45) is 0. The number of methoxy groups -OCH3 is 1. The average molecular weight is 306 g/mol. The van der Waals surface area contributed by atoms with E-state index in [1.54, 1.807) is 13.2 Å². The molecule has 0 unspecified atom stereocenters. The van der Waals surface area contributed by atoms with Crippen LogP contribution in [0.15, 0.2) is 30.3 Å². The first-order valence-corrected chi connectivity index (χ1v) is 7.01. The van der Waals surface area contributed by atoms with Gasteiger partial charge in [0.1, 0.15) is 5.75 Å². The third kappa shape index (κ3) is 2.85. The van der Waals surface area contributed by atoms with Gasteiger partial charge in [-0.25, -0.2) is 0 Å². The van der Waals surface area contributed by atoms with E-state index in [1.165, 1.54) is 0 Å². The maximum Gasteiger partial charge on any atom is 0.231 e. The van der Waals surface area contributed by atoms with Crippen molar-refractivity contribution in [2.75, 3.05) is 19.2 Å². The molecule has 0 amide bonds. The Balaban J connectivity index is 1.74. The molecule has 5 heteroatoms. The zero-order chi connectivity index (χ0) is 14.8. The van der Waals surface area contributed by atoms with Crippen molar-refractivity contribution in [2.24, 2.45) is 0 Å². The summed E-state index contributed by atoms with van der Waals surface area (Å²) in [6, 6.07) is 9.71. The molecule has 0 atom stereocenters. The van der Waals surface area contributed by atoms with Crippen LogP contribution in [-0.4, -0.2) is 13.9 Å². The second-order valence-corrected chi connectivity index (χ2v) is 5.25. The highest BCUT2D eigenvalue weighted by molar-refractivity contribution is 6.33. The minimum absolute atomic E-state index is 0.243. The first-order valence-electron chi connectivity index (χ1n) is 6.64. The van der Waals surface area contributed by atoms with Crippen molar-refractivity contribution in [3.8, 4) is 17.2 Å². The second kappa shape index (κ2) is 5.74. The molecule has 1 aliphatic heterocycles. The van der Waals surface area contributed by atoms with Gasteiger partial charge in [0.25, 0.3) is 0 Å². The summed E-state index contributed by atoms with van der Waals surface area (Å²) in [5.74, 6) is 2.29. The van der Waals surface area contributed by atoms with Crippen LogP contribution in [0.4, 0.5) is 5.69 Å². The lowest BCUT2D eigenvalue weighted by atomic mass is 10.1. The number of anilines is 1. The molecule has 0 aliphatic carbocycles. The third-order valence-electron chi connectivity index (χ3n) is 3.40. The van der Waals surface area contributed by atoms with Gasteiger partial charge in [-0.15, -0.1) is 0 Å². The Morgan fingerprint density at radius 2 is 1.95 bits per heavy atom. The van der Waals surface area contributed by atoms with Crippen LogP contribution < -0.4 is 19.5 Å². The van der Waals surface area contributed by atoms with E-state index in [4.69, 9.17) is 25.8 Å². The van der Waals surface area contributed by atoms with E-state index in [2.05, 4.69) is 11.4 Å². The van der Waals surface area contributed by atoms with Crippen LogP contribution in [0, 0.1) is 6.92 Å². The molecule has 0 bridgehead atoms. The van der Waals surface area contributed by atoms with Gasteiger partial charge in [-0.05, 0) is 24.1 Å². The number of benzene rings is 2. The smallest absolute Gasteiger partial charge is 0.231 e. The molecule has 0 saturated heterocycles. The van der Waals surface area contributed by atoms with Gasteiger partial charge in [0, 0.05) is 18.7 Å². The molecule has 3 rings (SSSR count). The monoisotopic (exact) mass is 305 g/mol. The molecule has 0 saturated carbocycles. The number of nitrogens with one attached hydrogen (secondary N) is 1. The molecule has 2 aromatic rings. The number of aryl methyl sites for hydroxylation is 1. The van der Waals surface area contributed by atoms with Crippen LogP contribution in [-0.2, 0) is 6.54 Å². The number of rotatable bonds is 4. The van der Waals surface area contributed by atoms with E-state index >= 15 is 0 Å². The molecule has 1 N–H and O–H groups in total. The lowest BCUT2D eigenvalue weighted by molar-refractivity contribution is 0.174. The normalized spacial score (nSPS) is 12.3. The van der Waals surface area contributed by atoms with Gasteiger partial charge in [-0.2, -0.15) is 0 Å². The Morgan fingerprint density at radius 1 is 1.19 bits per heavy atom. The summed E-state index contributed by atoms with van der Waals surface area (Å²) >= 11 is 6.24. The molecular formula is C16H16ClNO3. The summed E-state index contributed by atoms with van der Waals surface area (Å²) in [4.78, 5) is 0. The van der Waals surface area contributed by atoms with Crippen molar-refractivity contribution in [1.82, 2.24) is 0 Å². The summed E-state index contributed by atoms with van der Waals surface area (Å²) in [7, 11) is 1.67. The standard InChI is InChI=1S/C16H16ClNO3/c1-10-5-11(3-4-14(10)19-2)8-18-13-7-16-15(6-12(13)17)20-9-21-16/h3-7,18H,8-9H2,1-2H3. The highest BCUT2D eigenvalue weighted by Crippen LogP contribution is 2.39. The van der Waals surface area contributed by atoms with E-state index in [0.717, 1.165) is 22.6 Å². The van der Waals surface area contributed by atoms with Gasteiger partial charge < -0.3 is 19.5 Å². The van der Waals surface area contributed by atoms with Crippen molar-refractivity contribution >= 4 is 17.3 Å². The summed E-state index contributed by atoms with van der Waals surface area (Å²) in [5.41, 5.74) is 3.09. The fraction of sp³-hybridized carbons (Fsp3) is 0.250. The number of fused-ring (bicyclic) bond motifs is 1. The van der Waals surface area contributed by atoms with Gasteiger partial charge in [0.05, 0.1) is 17.8 Å². The fourth-order valence-electron chi connectivity index (χ4n) is 2.30. The third-order valence-corrected chi connectivity index (χ3v) is 3.72. The van der Waals surface area contributed by atoms with E-state index in [1.807, 2.05) is 25.1 Å².